The summed E-state index contributed by atoms with van der Waals surface area (Å²) in [4.78, 5) is 0. The molecular formula is C36H24O. The van der Waals surface area contributed by atoms with Crippen molar-refractivity contribution in [2.45, 2.75) is 12.3 Å². The molecule has 8 rings (SSSR count). The zero-order chi connectivity index (χ0) is 24.6. The SMILES string of the molecule is CC1(c2ccccc2)c2ccccc2-c2cc(-c3cc4c5c(cccc5c3)-c3ccccc3O4)ccc21. The van der Waals surface area contributed by atoms with Gasteiger partial charge in [-0.1, -0.05) is 103 Å². The molecule has 174 valence electrons. The van der Waals surface area contributed by atoms with E-state index in [1.54, 1.807) is 0 Å². The van der Waals surface area contributed by atoms with E-state index < -0.39 is 0 Å². The van der Waals surface area contributed by atoms with E-state index in [0.717, 1.165) is 17.1 Å². The van der Waals surface area contributed by atoms with Crippen molar-refractivity contribution in [1.82, 2.24) is 0 Å². The molecule has 0 aromatic heterocycles. The van der Waals surface area contributed by atoms with E-state index in [2.05, 4.69) is 128 Å². The lowest BCUT2D eigenvalue weighted by Gasteiger charge is -2.28. The molecule has 1 nitrogen and oxygen atoms in total. The summed E-state index contributed by atoms with van der Waals surface area (Å²) in [5, 5.41) is 2.39. The Morgan fingerprint density at radius 3 is 2.11 bits per heavy atom. The summed E-state index contributed by atoms with van der Waals surface area (Å²) in [6, 6.07) is 46.1. The van der Waals surface area contributed by atoms with Gasteiger partial charge in [-0.15, -0.1) is 0 Å². The Kier molecular flexibility index (Phi) is 4.14. The fraction of sp³-hybridized carbons (Fsp3) is 0.0556. The van der Waals surface area contributed by atoms with Gasteiger partial charge in [-0.2, -0.15) is 0 Å². The second-order valence-electron chi connectivity index (χ2n) is 10.3. The molecule has 6 aromatic rings. The number of ether oxygens (including phenoxy) is 1. The third-order valence-corrected chi connectivity index (χ3v) is 8.34. The van der Waals surface area contributed by atoms with Gasteiger partial charge in [0.25, 0.3) is 0 Å². The topological polar surface area (TPSA) is 9.23 Å². The van der Waals surface area contributed by atoms with Crippen LogP contribution in [-0.2, 0) is 5.41 Å². The third-order valence-electron chi connectivity index (χ3n) is 8.34. The molecule has 6 aromatic carbocycles. The number of fused-ring (bicyclic) bond motifs is 5. The maximum atomic E-state index is 6.45. The standard InChI is InChI=1S/C36H24O/c1-36(26-11-3-2-4-12-26)31-16-7-5-13-27(31)30-21-23(18-19-32(30)36)25-20-24-10-9-15-29-28-14-6-8-17-33(28)37-34(22-25)35(24)29/h2-22H,1H3. The highest BCUT2D eigenvalue weighted by atomic mass is 16.5. The Bertz CT molecular complexity index is 1860. The summed E-state index contributed by atoms with van der Waals surface area (Å²) in [6.45, 7) is 2.36. The predicted molar refractivity (Wildman–Crippen MR) is 152 cm³/mol. The zero-order valence-electron chi connectivity index (χ0n) is 20.5. The summed E-state index contributed by atoms with van der Waals surface area (Å²) in [5.74, 6) is 1.85. The van der Waals surface area contributed by atoms with E-state index >= 15 is 0 Å². The van der Waals surface area contributed by atoms with Gasteiger partial charge in [-0.05, 0) is 81.1 Å². The van der Waals surface area contributed by atoms with Crippen molar-refractivity contribution in [2.24, 2.45) is 0 Å². The monoisotopic (exact) mass is 472 g/mol. The number of rotatable bonds is 2. The van der Waals surface area contributed by atoms with Crippen LogP contribution in [0.3, 0.4) is 0 Å². The molecule has 2 aliphatic rings. The van der Waals surface area contributed by atoms with Crippen LogP contribution < -0.4 is 4.74 Å². The van der Waals surface area contributed by atoms with Crippen LogP contribution in [0.2, 0.25) is 0 Å². The normalized spacial score (nSPS) is 16.6. The molecule has 1 aliphatic carbocycles. The largest absolute Gasteiger partial charge is 0.456 e. The number of para-hydroxylation sites is 1. The fourth-order valence-corrected chi connectivity index (χ4v) is 6.52. The molecule has 1 heterocycles. The maximum absolute atomic E-state index is 6.45. The van der Waals surface area contributed by atoms with Gasteiger partial charge in [-0.25, -0.2) is 0 Å². The first-order valence-corrected chi connectivity index (χ1v) is 12.9. The Labute approximate surface area is 216 Å². The van der Waals surface area contributed by atoms with E-state index in [1.807, 2.05) is 6.07 Å². The van der Waals surface area contributed by atoms with Crippen molar-refractivity contribution in [3.05, 3.63) is 144 Å². The van der Waals surface area contributed by atoms with Crippen molar-refractivity contribution in [1.29, 1.82) is 0 Å². The summed E-state index contributed by atoms with van der Waals surface area (Å²) >= 11 is 0. The van der Waals surface area contributed by atoms with Crippen LogP contribution in [0, 0.1) is 0 Å². The molecule has 0 saturated heterocycles. The van der Waals surface area contributed by atoms with Crippen LogP contribution in [-0.4, -0.2) is 0 Å². The summed E-state index contributed by atoms with van der Waals surface area (Å²) in [5.41, 5.74) is 11.3. The van der Waals surface area contributed by atoms with E-state index in [9.17, 15) is 0 Å². The smallest absolute Gasteiger partial charge is 0.136 e. The highest BCUT2D eigenvalue weighted by Crippen LogP contribution is 2.53. The van der Waals surface area contributed by atoms with E-state index in [1.165, 1.54) is 55.3 Å². The lowest BCUT2D eigenvalue weighted by molar-refractivity contribution is 0.487. The second kappa shape index (κ2) is 7.44. The molecule has 37 heavy (non-hydrogen) atoms. The molecule has 1 heteroatoms. The molecule has 1 atom stereocenters. The summed E-state index contributed by atoms with van der Waals surface area (Å²) in [6.07, 6.45) is 0. The van der Waals surface area contributed by atoms with Crippen LogP contribution >= 0.6 is 0 Å². The van der Waals surface area contributed by atoms with Gasteiger partial charge in [0.15, 0.2) is 0 Å². The van der Waals surface area contributed by atoms with E-state index in [4.69, 9.17) is 4.74 Å². The number of benzene rings is 6. The van der Waals surface area contributed by atoms with Crippen molar-refractivity contribution in [3.8, 4) is 44.9 Å². The van der Waals surface area contributed by atoms with Gasteiger partial charge in [0, 0.05) is 16.4 Å². The minimum absolute atomic E-state index is 0.178. The second-order valence-corrected chi connectivity index (χ2v) is 10.3. The van der Waals surface area contributed by atoms with Gasteiger partial charge in [0.2, 0.25) is 0 Å². The fourth-order valence-electron chi connectivity index (χ4n) is 6.52. The van der Waals surface area contributed by atoms with Crippen molar-refractivity contribution < 1.29 is 4.74 Å². The van der Waals surface area contributed by atoms with Gasteiger partial charge in [-0.3, -0.25) is 0 Å². The number of hydrogen-bond donors (Lipinski definition) is 0. The van der Waals surface area contributed by atoms with Gasteiger partial charge >= 0.3 is 0 Å². The van der Waals surface area contributed by atoms with Crippen LogP contribution in [0.1, 0.15) is 23.6 Å². The summed E-state index contributed by atoms with van der Waals surface area (Å²) < 4.78 is 6.45. The quantitative estimate of drug-likeness (QED) is 0.243. The molecule has 1 unspecified atom stereocenters. The Morgan fingerprint density at radius 2 is 1.22 bits per heavy atom. The van der Waals surface area contributed by atoms with Gasteiger partial charge in [0.05, 0.1) is 0 Å². The van der Waals surface area contributed by atoms with Gasteiger partial charge in [0.1, 0.15) is 11.5 Å². The molecule has 0 spiro atoms. The molecular weight excluding hydrogens is 448 g/mol. The molecule has 0 amide bonds. The first-order chi connectivity index (χ1) is 18.2. The van der Waals surface area contributed by atoms with Crippen molar-refractivity contribution in [3.63, 3.8) is 0 Å². The minimum Gasteiger partial charge on any atom is -0.456 e. The molecule has 0 N–H and O–H groups in total. The lowest BCUT2D eigenvalue weighted by atomic mass is 9.74. The third kappa shape index (κ3) is 2.80. The number of hydrogen-bond acceptors (Lipinski definition) is 1. The molecule has 1 aliphatic heterocycles. The Balaban J connectivity index is 1.33. The first kappa shape index (κ1) is 20.6. The predicted octanol–water partition coefficient (Wildman–Crippen LogP) is 9.61. The maximum Gasteiger partial charge on any atom is 0.136 e. The average Bonchev–Trinajstić information content (AvgIpc) is 3.22. The summed E-state index contributed by atoms with van der Waals surface area (Å²) in [7, 11) is 0. The highest BCUT2D eigenvalue weighted by Gasteiger charge is 2.40. The Hall–Kier alpha value is -4.62. The molecule has 0 saturated carbocycles. The lowest BCUT2D eigenvalue weighted by Crippen LogP contribution is -2.22. The highest BCUT2D eigenvalue weighted by molar-refractivity contribution is 6.06. The minimum atomic E-state index is -0.178. The van der Waals surface area contributed by atoms with Crippen molar-refractivity contribution >= 4 is 10.8 Å². The first-order valence-electron chi connectivity index (χ1n) is 12.9. The zero-order valence-corrected chi connectivity index (χ0v) is 20.5. The van der Waals surface area contributed by atoms with Crippen LogP contribution in [0.5, 0.6) is 11.5 Å². The molecule has 0 fully saturated rings. The van der Waals surface area contributed by atoms with E-state index in [-0.39, 0.29) is 5.41 Å². The average molecular weight is 473 g/mol. The van der Waals surface area contributed by atoms with Crippen molar-refractivity contribution in [2.75, 3.05) is 0 Å². The van der Waals surface area contributed by atoms with Gasteiger partial charge < -0.3 is 4.74 Å². The van der Waals surface area contributed by atoms with Crippen LogP contribution in [0.4, 0.5) is 0 Å². The Morgan fingerprint density at radius 1 is 0.486 bits per heavy atom. The van der Waals surface area contributed by atoms with E-state index in [0.29, 0.717) is 0 Å². The van der Waals surface area contributed by atoms with Crippen LogP contribution in [0.15, 0.2) is 127 Å². The van der Waals surface area contributed by atoms with Crippen LogP contribution in [0.25, 0.3) is 44.2 Å². The molecule has 0 radical (unpaired) electrons. The molecule has 0 bridgehead atoms.